The molecule has 0 aliphatic heterocycles. The third kappa shape index (κ3) is 3.17. The van der Waals surface area contributed by atoms with E-state index in [1.807, 2.05) is 0 Å². The summed E-state index contributed by atoms with van der Waals surface area (Å²) in [5, 5.41) is 11.0. The zero-order chi connectivity index (χ0) is 13.8. The van der Waals surface area contributed by atoms with Crippen molar-refractivity contribution in [2.75, 3.05) is 0 Å². The van der Waals surface area contributed by atoms with Crippen LogP contribution in [0.15, 0.2) is 36.5 Å². The summed E-state index contributed by atoms with van der Waals surface area (Å²) >= 11 is 5.69. The number of pyridine rings is 1. The first-order valence-corrected chi connectivity index (χ1v) is 5.62. The first-order valence-electron chi connectivity index (χ1n) is 5.24. The van der Waals surface area contributed by atoms with Crippen molar-refractivity contribution >= 4 is 17.3 Å². The van der Waals surface area contributed by atoms with Gasteiger partial charge in [0.05, 0.1) is 4.92 Å². The van der Waals surface area contributed by atoms with Gasteiger partial charge in [-0.05, 0) is 23.8 Å². The Morgan fingerprint density at radius 3 is 2.89 bits per heavy atom. The molecule has 0 unspecified atom stereocenters. The predicted molar refractivity (Wildman–Crippen MR) is 66.6 cm³/mol. The number of halogens is 2. The summed E-state index contributed by atoms with van der Waals surface area (Å²) in [6.45, 7) is -0.0377. The maximum atomic E-state index is 13.5. The fourth-order valence-corrected chi connectivity index (χ4v) is 1.67. The average molecular weight is 283 g/mol. The van der Waals surface area contributed by atoms with Crippen molar-refractivity contribution in [1.29, 1.82) is 0 Å². The summed E-state index contributed by atoms with van der Waals surface area (Å²) in [7, 11) is 0. The molecule has 2 rings (SSSR count). The van der Waals surface area contributed by atoms with E-state index in [9.17, 15) is 14.5 Å². The molecule has 19 heavy (non-hydrogen) atoms. The molecule has 7 heteroatoms. The van der Waals surface area contributed by atoms with Crippen LogP contribution in [0.2, 0.25) is 5.15 Å². The minimum atomic E-state index is -0.783. The highest BCUT2D eigenvalue weighted by Crippen LogP contribution is 2.30. The molecule has 98 valence electrons. The van der Waals surface area contributed by atoms with Crippen LogP contribution in [0.3, 0.4) is 0 Å². The lowest BCUT2D eigenvalue weighted by molar-refractivity contribution is -0.386. The van der Waals surface area contributed by atoms with E-state index in [0.717, 1.165) is 6.07 Å². The second-order valence-corrected chi connectivity index (χ2v) is 4.01. The van der Waals surface area contributed by atoms with Crippen molar-refractivity contribution in [3.8, 4) is 5.75 Å². The van der Waals surface area contributed by atoms with E-state index in [4.69, 9.17) is 16.3 Å². The SMILES string of the molecule is O=[N+]([O-])c1cccc(F)c1OCc1ccnc(Cl)c1. The number of benzene rings is 1. The van der Waals surface area contributed by atoms with Crippen LogP contribution in [0.4, 0.5) is 10.1 Å². The van der Waals surface area contributed by atoms with Gasteiger partial charge in [-0.3, -0.25) is 10.1 Å². The van der Waals surface area contributed by atoms with E-state index in [1.54, 1.807) is 6.07 Å². The maximum Gasteiger partial charge on any atom is 0.314 e. The van der Waals surface area contributed by atoms with Gasteiger partial charge in [-0.1, -0.05) is 17.7 Å². The lowest BCUT2D eigenvalue weighted by atomic mass is 10.2. The molecule has 0 atom stereocenters. The number of nitro groups is 1. The third-order valence-corrected chi connectivity index (χ3v) is 2.52. The number of ether oxygens (including phenoxy) is 1. The van der Waals surface area contributed by atoms with Crippen LogP contribution in [-0.4, -0.2) is 9.91 Å². The van der Waals surface area contributed by atoms with E-state index < -0.39 is 16.4 Å². The summed E-state index contributed by atoms with van der Waals surface area (Å²) < 4.78 is 18.7. The van der Waals surface area contributed by atoms with Crippen LogP contribution < -0.4 is 4.74 Å². The Hall–Kier alpha value is -2.21. The summed E-state index contributed by atoms with van der Waals surface area (Å²) in [5.41, 5.74) is 0.220. The molecule has 2 aromatic rings. The Labute approximate surface area is 112 Å². The largest absolute Gasteiger partial charge is 0.480 e. The molecule has 1 aromatic heterocycles. The van der Waals surface area contributed by atoms with Crippen molar-refractivity contribution in [2.24, 2.45) is 0 Å². The number of hydrogen-bond donors (Lipinski definition) is 0. The Balaban J connectivity index is 2.22. The van der Waals surface area contributed by atoms with E-state index >= 15 is 0 Å². The lowest BCUT2D eigenvalue weighted by Gasteiger charge is -2.07. The molecule has 0 saturated carbocycles. The summed E-state index contributed by atoms with van der Waals surface area (Å²) in [4.78, 5) is 13.9. The van der Waals surface area contributed by atoms with Crippen LogP contribution in [0.5, 0.6) is 5.75 Å². The van der Waals surface area contributed by atoms with E-state index in [2.05, 4.69) is 4.98 Å². The van der Waals surface area contributed by atoms with Crippen LogP contribution in [0.1, 0.15) is 5.56 Å². The fraction of sp³-hybridized carbons (Fsp3) is 0.0833. The number of nitrogens with zero attached hydrogens (tertiary/aromatic N) is 2. The predicted octanol–water partition coefficient (Wildman–Crippen LogP) is 3.36. The highest BCUT2D eigenvalue weighted by Gasteiger charge is 2.19. The third-order valence-electron chi connectivity index (χ3n) is 2.32. The van der Waals surface area contributed by atoms with E-state index in [0.29, 0.717) is 5.56 Å². The molecule has 1 aromatic carbocycles. The quantitative estimate of drug-likeness (QED) is 0.490. The molecular weight excluding hydrogens is 275 g/mol. The van der Waals surface area contributed by atoms with Crippen LogP contribution in [0, 0.1) is 15.9 Å². The van der Waals surface area contributed by atoms with Crippen molar-refractivity contribution < 1.29 is 14.1 Å². The van der Waals surface area contributed by atoms with Gasteiger partial charge in [-0.15, -0.1) is 0 Å². The van der Waals surface area contributed by atoms with Gasteiger partial charge >= 0.3 is 5.69 Å². The van der Waals surface area contributed by atoms with Gasteiger partial charge in [0.1, 0.15) is 11.8 Å². The highest BCUT2D eigenvalue weighted by molar-refractivity contribution is 6.29. The first kappa shape index (κ1) is 13.2. The number of aromatic nitrogens is 1. The van der Waals surface area contributed by atoms with E-state index in [-0.39, 0.29) is 17.5 Å². The monoisotopic (exact) mass is 282 g/mol. The molecule has 0 bridgehead atoms. The Bertz CT molecular complexity index is 622. The molecule has 1 heterocycles. The number of nitro benzene ring substituents is 1. The number of hydrogen-bond acceptors (Lipinski definition) is 4. The Morgan fingerprint density at radius 2 is 2.21 bits per heavy atom. The van der Waals surface area contributed by atoms with Gasteiger partial charge in [-0.2, -0.15) is 0 Å². The van der Waals surface area contributed by atoms with Gasteiger partial charge < -0.3 is 4.74 Å². The molecule has 0 aliphatic carbocycles. The molecule has 0 radical (unpaired) electrons. The number of rotatable bonds is 4. The van der Waals surface area contributed by atoms with Gasteiger partial charge in [0.2, 0.25) is 5.75 Å². The van der Waals surface area contributed by atoms with E-state index in [1.165, 1.54) is 24.4 Å². The molecule has 0 spiro atoms. The highest BCUT2D eigenvalue weighted by atomic mass is 35.5. The Morgan fingerprint density at radius 1 is 1.42 bits per heavy atom. The van der Waals surface area contributed by atoms with Crippen LogP contribution >= 0.6 is 11.6 Å². The summed E-state index contributed by atoms with van der Waals surface area (Å²) in [6.07, 6.45) is 1.47. The van der Waals surface area contributed by atoms with Gasteiger partial charge in [0.15, 0.2) is 5.82 Å². The standard InChI is InChI=1S/C12H8ClFN2O3/c13-11-6-8(4-5-15-11)7-19-12-9(14)2-1-3-10(12)16(17)18/h1-6H,7H2. The Kier molecular flexibility index (Phi) is 3.91. The van der Waals surface area contributed by atoms with Crippen LogP contribution in [-0.2, 0) is 6.61 Å². The van der Waals surface area contributed by atoms with Crippen molar-refractivity contribution in [1.82, 2.24) is 4.98 Å². The zero-order valence-electron chi connectivity index (χ0n) is 9.55. The topological polar surface area (TPSA) is 65.3 Å². The van der Waals surface area contributed by atoms with Gasteiger partial charge in [0.25, 0.3) is 0 Å². The average Bonchev–Trinajstić information content (AvgIpc) is 2.37. The number of para-hydroxylation sites is 1. The minimum Gasteiger partial charge on any atom is -0.480 e. The van der Waals surface area contributed by atoms with Gasteiger partial charge in [0, 0.05) is 12.3 Å². The summed E-state index contributed by atoms with van der Waals surface area (Å²) in [5.74, 6) is -1.17. The fourth-order valence-electron chi connectivity index (χ4n) is 1.47. The molecule has 0 aliphatic rings. The second kappa shape index (κ2) is 5.62. The molecule has 0 N–H and O–H groups in total. The smallest absolute Gasteiger partial charge is 0.314 e. The summed E-state index contributed by atoms with van der Waals surface area (Å²) in [6, 6.07) is 6.69. The first-order chi connectivity index (χ1) is 9.08. The van der Waals surface area contributed by atoms with Crippen molar-refractivity contribution in [2.45, 2.75) is 6.61 Å². The molecule has 0 saturated heterocycles. The zero-order valence-corrected chi connectivity index (χ0v) is 10.3. The van der Waals surface area contributed by atoms with Crippen molar-refractivity contribution in [3.05, 3.63) is 63.2 Å². The normalized spacial score (nSPS) is 10.2. The molecule has 0 fully saturated rings. The maximum absolute atomic E-state index is 13.5. The van der Waals surface area contributed by atoms with Crippen LogP contribution in [0.25, 0.3) is 0 Å². The minimum absolute atomic E-state index is 0.0377. The van der Waals surface area contributed by atoms with Crippen molar-refractivity contribution in [3.63, 3.8) is 0 Å². The second-order valence-electron chi connectivity index (χ2n) is 3.62. The van der Waals surface area contributed by atoms with Gasteiger partial charge in [-0.25, -0.2) is 9.37 Å². The lowest BCUT2D eigenvalue weighted by Crippen LogP contribution is -2.01. The molecule has 0 amide bonds. The molecule has 5 nitrogen and oxygen atoms in total. The molecular formula is C12H8ClFN2O3.